The molecule has 1 aromatic heterocycles. The minimum absolute atomic E-state index is 0.00377. The number of primary amides is 1. The van der Waals surface area contributed by atoms with E-state index in [-0.39, 0.29) is 24.2 Å². The van der Waals surface area contributed by atoms with Crippen LogP contribution in [0, 0.1) is 13.8 Å². The van der Waals surface area contributed by atoms with Gasteiger partial charge in [0, 0.05) is 16.8 Å². The van der Waals surface area contributed by atoms with E-state index in [4.69, 9.17) is 10.5 Å². The minimum atomic E-state index is -0.550. The number of carbonyl (C=O) groups excluding carboxylic acids is 2. The maximum Gasteiger partial charge on any atom is 0.310 e. The zero-order valence-electron chi connectivity index (χ0n) is 12.9. The molecule has 7 heteroatoms. The first-order valence-corrected chi connectivity index (χ1v) is 6.97. The molecule has 2 rings (SSSR count). The van der Waals surface area contributed by atoms with Gasteiger partial charge in [0.1, 0.15) is 12.4 Å². The molecule has 0 radical (unpaired) electrons. The van der Waals surface area contributed by atoms with Crippen LogP contribution in [0.3, 0.4) is 0 Å². The van der Waals surface area contributed by atoms with Gasteiger partial charge in [-0.05, 0) is 31.5 Å². The van der Waals surface area contributed by atoms with Crippen LogP contribution in [0.1, 0.15) is 33.0 Å². The molecule has 0 atom stereocenters. The van der Waals surface area contributed by atoms with E-state index in [0.29, 0.717) is 22.6 Å². The highest BCUT2D eigenvalue weighted by atomic mass is 16.5. The summed E-state index contributed by atoms with van der Waals surface area (Å²) in [6.45, 7) is 3.33. The van der Waals surface area contributed by atoms with Gasteiger partial charge in [0.05, 0.1) is 6.42 Å². The van der Waals surface area contributed by atoms with E-state index in [0.717, 1.165) is 0 Å². The van der Waals surface area contributed by atoms with Crippen molar-refractivity contribution in [3.05, 3.63) is 62.8 Å². The number of ether oxygens (including phenoxy) is 1. The number of esters is 1. The topological polar surface area (TPSA) is 115 Å². The van der Waals surface area contributed by atoms with Crippen LogP contribution in [-0.2, 0) is 22.6 Å². The predicted octanol–water partition coefficient (Wildman–Crippen LogP) is 0.772. The normalized spacial score (nSPS) is 10.3. The molecule has 7 nitrogen and oxygen atoms in total. The fourth-order valence-electron chi connectivity index (χ4n) is 2.13. The molecule has 0 saturated carbocycles. The Morgan fingerprint density at radius 2 is 2.04 bits per heavy atom. The number of aromatic amines is 1. The number of hydrogen-bond donors (Lipinski definition) is 2. The summed E-state index contributed by atoms with van der Waals surface area (Å²) < 4.78 is 5.14. The van der Waals surface area contributed by atoms with Gasteiger partial charge in [-0.3, -0.25) is 14.4 Å². The Hall–Kier alpha value is -2.96. The second kappa shape index (κ2) is 6.87. The van der Waals surface area contributed by atoms with Crippen LogP contribution in [-0.4, -0.2) is 21.8 Å². The van der Waals surface area contributed by atoms with Crippen molar-refractivity contribution in [1.29, 1.82) is 0 Å². The lowest BCUT2D eigenvalue weighted by atomic mass is 10.1. The highest BCUT2D eigenvalue weighted by Gasteiger charge is 2.13. The van der Waals surface area contributed by atoms with Gasteiger partial charge in [-0.25, -0.2) is 4.98 Å². The SMILES string of the molecule is Cc1nc(C)c(CC(=O)OCc2cccc(C(N)=O)c2)c(=O)[nH]1. The van der Waals surface area contributed by atoms with Crippen molar-refractivity contribution in [2.45, 2.75) is 26.9 Å². The number of amides is 1. The largest absolute Gasteiger partial charge is 0.461 e. The molecule has 0 aliphatic heterocycles. The molecule has 0 bridgehead atoms. The van der Waals surface area contributed by atoms with Gasteiger partial charge in [-0.15, -0.1) is 0 Å². The van der Waals surface area contributed by atoms with Crippen molar-refractivity contribution in [2.24, 2.45) is 5.73 Å². The van der Waals surface area contributed by atoms with Crippen molar-refractivity contribution >= 4 is 11.9 Å². The molecule has 1 amide bonds. The molecule has 1 aromatic carbocycles. The third-order valence-corrected chi connectivity index (χ3v) is 3.27. The van der Waals surface area contributed by atoms with Crippen molar-refractivity contribution < 1.29 is 14.3 Å². The summed E-state index contributed by atoms with van der Waals surface area (Å²) >= 11 is 0. The highest BCUT2D eigenvalue weighted by molar-refractivity contribution is 5.92. The van der Waals surface area contributed by atoms with Crippen molar-refractivity contribution in [2.75, 3.05) is 0 Å². The molecule has 0 unspecified atom stereocenters. The summed E-state index contributed by atoms with van der Waals surface area (Å²) in [6.07, 6.45) is -0.163. The maximum absolute atomic E-state index is 11.9. The molecule has 3 N–H and O–H groups in total. The van der Waals surface area contributed by atoms with Gasteiger partial charge in [-0.2, -0.15) is 0 Å². The summed E-state index contributed by atoms with van der Waals surface area (Å²) in [5.74, 6) is -0.604. The Kier molecular flexibility index (Phi) is 4.90. The number of aromatic nitrogens is 2. The molecular weight excluding hydrogens is 298 g/mol. The fraction of sp³-hybridized carbons (Fsp3) is 0.250. The van der Waals surface area contributed by atoms with Crippen LogP contribution < -0.4 is 11.3 Å². The van der Waals surface area contributed by atoms with Gasteiger partial charge < -0.3 is 15.5 Å². The average molecular weight is 315 g/mol. The molecule has 0 fully saturated rings. The van der Waals surface area contributed by atoms with Crippen molar-refractivity contribution in [3.63, 3.8) is 0 Å². The second-order valence-corrected chi connectivity index (χ2v) is 5.12. The number of benzene rings is 1. The average Bonchev–Trinajstić information content (AvgIpc) is 2.49. The summed E-state index contributed by atoms with van der Waals surface area (Å²) in [4.78, 5) is 41.5. The molecule has 0 saturated heterocycles. The molecule has 0 aliphatic carbocycles. The van der Waals surface area contributed by atoms with Gasteiger partial charge >= 0.3 is 5.97 Å². The van der Waals surface area contributed by atoms with E-state index < -0.39 is 11.9 Å². The Morgan fingerprint density at radius 1 is 1.30 bits per heavy atom. The number of nitrogens with zero attached hydrogens (tertiary/aromatic N) is 1. The van der Waals surface area contributed by atoms with E-state index in [1.165, 1.54) is 0 Å². The summed E-state index contributed by atoms with van der Waals surface area (Å²) in [6, 6.07) is 6.50. The molecular formula is C16H17N3O4. The second-order valence-electron chi connectivity index (χ2n) is 5.12. The molecule has 120 valence electrons. The number of rotatable bonds is 5. The molecule has 2 aromatic rings. The van der Waals surface area contributed by atoms with Crippen LogP contribution in [0.2, 0.25) is 0 Å². The lowest BCUT2D eigenvalue weighted by Crippen LogP contribution is -2.21. The molecule has 1 heterocycles. The van der Waals surface area contributed by atoms with E-state index in [1.807, 2.05) is 0 Å². The van der Waals surface area contributed by atoms with Crippen LogP contribution in [0.25, 0.3) is 0 Å². The van der Waals surface area contributed by atoms with Crippen LogP contribution in [0.4, 0.5) is 0 Å². The number of nitrogens with two attached hydrogens (primary N) is 1. The highest BCUT2D eigenvalue weighted by Crippen LogP contribution is 2.08. The fourth-order valence-corrected chi connectivity index (χ4v) is 2.13. The van der Waals surface area contributed by atoms with E-state index >= 15 is 0 Å². The number of hydrogen-bond acceptors (Lipinski definition) is 5. The van der Waals surface area contributed by atoms with Crippen LogP contribution in [0.15, 0.2) is 29.1 Å². The summed E-state index contributed by atoms with van der Waals surface area (Å²) in [7, 11) is 0. The Morgan fingerprint density at radius 3 is 2.70 bits per heavy atom. The van der Waals surface area contributed by atoms with E-state index in [2.05, 4.69) is 9.97 Å². The maximum atomic E-state index is 11.9. The quantitative estimate of drug-likeness (QED) is 0.791. The minimum Gasteiger partial charge on any atom is -0.461 e. The third-order valence-electron chi connectivity index (χ3n) is 3.27. The van der Waals surface area contributed by atoms with E-state index in [9.17, 15) is 14.4 Å². The van der Waals surface area contributed by atoms with E-state index in [1.54, 1.807) is 38.1 Å². The van der Waals surface area contributed by atoms with Crippen molar-refractivity contribution in [1.82, 2.24) is 9.97 Å². The molecule has 0 spiro atoms. The number of carbonyl (C=O) groups is 2. The predicted molar refractivity (Wildman–Crippen MR) is 82.8 cm³/mol. The van der Waals surface area contributed by atoms with Gasteiger partial charge in [0.15, 0.2) is 0 Å². The Labute approximate surface area is 132 Å². The van der Waals surface area contributed by atoms with Gasteiger partial charge in [0.25, 0.3) is 5.56 Å². The lowest BCUT2D eigenvalue weighted by Gasteiger charge is -2.07. The first-order valence-electron chi connectivity index (χ1n) is 6.97. The zero-order chi connectivity index (χ0) is 17.0. The van der Waals surface area contributed by atoms with Crippen molar-refractivity contribution in [3.8, 4) is 0 Å². The third kappa shape index (κ3) is 4.26. The monoisotopic (exact) mass is 315 g/mol. The zero-order valence-corrected chi connectivity index (χ0v) is 12.9. The molecule has 23 heavy (non-hydrogen) atoms. The number of aryl methyl sites for hydroxylation is 2. The number of H-pyrrole nitrogens is 1. The van der Waals surface area contributed by atoms with Crippen LogP contribution >= 0.6 is 0 Å². The summed E-state index contributed by atoms with van der Waals surface area (Å²) in [5, 5.41) is 0. The van der Waals surface area contributed by atoms with Gasteiger partial charge in [0.2, 0.25) is 5.91 Å². The first kappa shape index (κ1) is 16.4. The Balaban J connectivity index is 2.02. The standard InChI is InChI=1S/C16H17N3O4/c1-9-13(16(22)19-10(2)18-9)7-14(20)23-8-11-4-3-5-12(6-11)15(17)21/h3-6H,7-8H2,1-2H3,(H2,17,21)(H,18,19,22). The first-order chi connectivity index (χ1) is 10.9. The smallest absolute Gasteiger partial charge is 0.310 e. The Bertz CT molecular complexity index is 811. The lowest BCUT2D eigenvalue weighted by molar-refractivity contribution is -0.144. The summed E-state index contributed by atoms with van der Waals surface area (Å²) in [5.41, 5.74) is 6.61. The van der Waals surface area contributed by atoms with Crippen LogP contribution in [0.5, 0.6) is 0 Å². The van der Waals surface area contributed by atoms with Gasteiger partial charge in [-0.1, -0.05) is 12.1 Å². The number of nitrogens with one attached hydrogen (secondary N) is 1. The molecule has 0 aliphatic rings.